The Bertz CT molecular complexity index is 565. The van der Waals surface area contributed by atoms with Gasteiger partial charge in [0.25, 0.3) is 0 Å². The predicted octanol–water partition coefficient (Wildman–Crippen LogP) is 3.86. The van der Waals surface area contributed by atoms with Crippen molar-refractivity contribution in [1.82, 2.24) is 5.43 Å². The number of nitrogens with one attached hydrogen (secondary N) is 1. The quantitative estimate of drug-likeness (QED) is 0.605. The van der Waals surface area contributed by atoms with Gasteiger partial charge in [0.15, 0.2) is 0 Å². The highest BCUT2D eigenvalue weighted by atomic mass is 79.9. The van der Waals surface area contributed by atoms with Crippen LogP contribution in [-0.4, -0.2) is 6.61 Å². The number of halogens is 3. The Morgan fingerprint density at radius 3 is 2.70 bits per heavy atom. The van der Waals surface area contributed by atoms with Crippen molar-refractivity contribution in [2.75, 3.05) is 0 Å². The zero-order valence-corrected chi connectivity index (χ0v) is 12.8. The van der Waals surface area contributed by atoms with Crippen LogP contribution in [0.25, 0.3) is 0 Å². The fraction of sp³-hybridized carbons (Fsp3) is 0.231. The van der Waals surface area contributed by atoms with E-state index in [0.717, 1.165) is 9.35 Å². The maximum atomic E-state index is 12.4. The molecule has 0 saturated carbocycles. The topological polar surface area (TPSA) is 47.3 Å². The number of hydrogen-bond donors (Lipinski definition) is 2. The SMILES string of the molecule is NNC(Cc1cc(Br)cs1)c1ccccc1OC(F)F. The third-order valence-corrected chi connectivity index (χ3v) is 4.46. The summed E-state index contributed by atoms with van der Waals surface area (Å²) in [7, 11) is 0. The minimum Gasteiger partial charge on any atom is -0.434 e. The summed E-state index contributed by atoms with van der Waals surface area (Å²) in [6, 6.07) is 8.33. The van der Waals surface area contributed by atoms with Crippen molar-refractivity contribution in [3.05, 3.63) is 50.6 Å². The monoisotopic (exact) mass is 362 g/mol. The highest BCUT2D eigenvalue weighted by molar-refractivity contribution is 9.10. The van der Waals surface area contributed by atoms with Crippen LogP contribution in [0.4, 0.5) is 8.78 Å². The molecule has 1 aromatic heterocycles. The van der Waals surface area contributed by atoms with Crippen LogP contribution in [0.15, 0.2) is 40.2 Å². The lowest BCUT2D eigenvalue weighted by atomic mass is 10.0. The maximum absolute atomic E-state index is 12.4. The minimum absolute atomic E-state index is 0.140. The molecule has 7 heteroatoms. The molecule has 3 N–H and O–H groups in total. The van der Waals surface area contributed by atoms with Crippen LogP contribution < -0.4 is 16.0 Å². The lowest BCUT2D eigenvalue weighted by molar-refractivity contribution is -0.0507. The minimum atomic E-state index is -2.86. The highest BCUT2D eigenvalue weighted by Gasteiger charge is 2.18. The number of rotatable bonds is 6. The van der Waals surface area contributed by atoms with Gasteiger partial charge in [-0.05, 0) is 28.1 Å². The van der Waals surface area contributed by atoms with Crippen molar-refractivity contribution in [3.8, 4) is 5.75 Å². The molecule has 0 aliphatic rings. The number of nitrogens with two attached hydrogens (primary N) is 1. The number of ether oxygens (including phenoxy) is 1. The third kappa shape index (κ3) is 3.99. The first-order valence-electron chi connectivity index (χ1n) is 5.83. The normalized spacial score (nSPS) is 12.7. The molecule has 20 heavy (non-hydrogen) atoms. The molecule has 3 nitrogen and oxygen atoms in total. The van der Waals surface area contributed by atoms with E-state index in [1.165, 1.54) is 6.07 Å². The highest BCUT2D eigenvalue weighted by Crippen LogP contribution is 2.30. The molecule has 1 heterocycles. The molecule has 0 saturated heterocycles. The van der Waals surface area contributed by atoms with Gasteiger partial charge in [-0.2, -0.15) is 8.78 Å². The molecule has 0 aliphatic heterocycles. The van der Waals surface area contributed by atoms with Crippen LogP contribution in [-0.2, 0) is 6.42 Å². The van der Waals surface area contributed by atoms with Crippen LogP contribution >= 0.6 is 27.3 Å². The van der Waals surface area contributed by atoms with Crippen LogP contribution in [0.5, 0.6) is 5.75 Å². The number of alkyl halides is 2. The first kappa shape index (κ1) is 15.4. The maximum Gasteiger partial charge on any atom is 0.387 e. The molecular formula is C13H13BrF2N2OS. The Balaban J connectivity index is 2.22. The van der Waals surface area contributed by atoms with Crippen LogP contribution in [0, 0.1) is 0 Å². The summed E-state index contributed by atoms with van der Waals surface area (Å²) in [5, 5.41) is 1.96. The van der Waals surface area contributed by atoms with E-state index in [0.29, 0.717) is 12.0 Å². The van der Waals surface area contributed by atoms with Gasteiger partial charge < -0.3 is 4.74 Å². The van der Waals surface area contributed by atoms with Crippen molar-refractivity contribution in [2.24, 2.45) is 5.84 Å². The molecule has 0 bridgehead atoms. The van der Waals surface area contributed by atoms with Gasteiger partial charge in [0.05, 0.1) is 6.04 Å². The molecule has 0 spiro atoms. The van der Waals surface area contributed by atoms with E-state index in [-0.39, 0.29) is 11.8 Å². The summed E-state index contributed by atoms with van der Waals surface area (Å²) in [5.74, 6) is 5.70. The summed E-state index contributed by atoms with van der Waals surface area (Å²) in [6.07, 6.45) is 0.594. The van der Waals surface area contributed by atoms with Gasteiger partial charge in [-0.3, -0.25) is 11.3 Å². The van der Waals surface area contributed by atoms with Gasteiger partial charge in [0.2, 0.25) is 0 Å². The van der Waals surface area contributed by atoms with E-state index in [2.05, 4.69) is 26.1 Å². The van der Waals surface area contributed by atoms with Crippen molar-refractivity contribution in [1.29, 1.82) is 0 Å². The largest absolute Gasteiger partial charge is 0.434 e. The average Bonchev–Trinajstić information content (AvgIpc) is 2.82. The smallest absolute Gasteiger partial charge is 0.387 e. The van der Waals surface area contributed by atoms with Crippen LogP contribution in [0.2, 0.25) is 0 Å². The zero-order chi connectivity index (χ0) is 14.5. The van der Waals surface area contributed by atoms with Crippen molar-refractivity contribution in [2.45, 2.75) is 19.1 Å². The van der Waals surface area contributed by atoms with E-state index >= 15 is 0 Å². The summed E-state index contributed by atoms with van der Waals surface area (Å²) in [4.78, 5) is 1.09. The molecular weight excluding hydrogens is 350 g/mol. The predicted molar refractivity (Wildman–Crippen MR) is 78.9 cm³/mol. The molecule has 1 aromatic carbocycles. The molecule has 2 rings (SSSR count). The number of benzene rings is 1. The summed E-state index contributed by atoms with van der Waals surface area (Å²) < 4.78 is 30.4. The molecule has 0 fully saturated rings. The first-order chi connectivity index (χ1) is 9.60. The first-order valence-corrected chi connectivity index (χ1v) is 7.50. The number of hydrazine groups is 1. The standard InChI is InChI=1S/C13H13BrF2N2OS/c14-8-5-9(20-7-8)6-11(18-17)10-3-1-2-4-12(10)19-13(15)16/h1-5,7,11,13,18H,6,17H2. The van der Waals surface area contributed by atoms with E-state index in [9.17, 15) is 8.78 Å². The van der Waals surface area contributed by atoms with Crippen LogP contribution in [0.3, 0.4) is 0 Å². The number of hydrogen-bond acceptors (Lipinski definition) is 4. The second-order valence-electron chi connectivity index (χ2n) is 4.07. The molecule has 0 radical (unpaired) electrons. The Labute approximate surface area is 127 Å². The summed E-state index contributed by atoms with van der Waals surface area (Å²) in [6.45, 7) is -2.86. The lowest BCUT2D eigenvalue weighted by Crippen LogP contribution is -2.30. The Kier molecular flexibility index (Phi) is 5.47. The fourth-order valence-electron chi connectivity index (χ4n) is 1.89. The molecule has 2 aromatic rings. The Morgan fingerprint density at radius 1 is 1.35 bits per heavy atom. The van der Waals surface area contributed by atoms with Gasteiger partial charge in [0, 0.05) is 26.7 Å². The number of para-hydroxylation sites is 1. The Morgan fingerprint density at radius 2 is 2.10 bits per heavy atom. The van der Waals surface area contributed by atoms with Gasteiger partial charge >= 0.3 is 6.61 Å². The van der Waals surface area contributed by atoms with Gasteiger partial charge in [-0.25, -0.2) is 0 Å². The van der Waals surface area contributed by atoms with Crippen molar-refractivity contribution in [3.63, 3.8) is 0 Å². The number of thiophene rings is 1. The summed E-state index contributed by atoms with van der Waals surface area (Å²) in [5.41, 5.74) is 3.27. The molecule has 108 valence electrons. The molecule has 0 aliphatic carbocycles. The van der Waals surface area contributed by atoms with E-state index < -0.39 is 6.61 Å². The van der Waals surface area contributed by atoms with E-state index in [1.54, 1.807) is 29.5 Å². The van der Waals surface area contributed by atoms with E-state index in [4.69, 9.17) is 5.84 Å². The summed E-state index contributed by atoms with van der Waals surface area (Å²) >= 11 is 4.96. The molecule has 1 atom stereocenters. The van der Waals surface area contributed by atoms with Gasteiger partial charge in [-0.1, -0.05) is 18.2 Å². The Hall–Kier alpha value is -1.02. The lowest BCUT2D eigenvalue weighted by Gasteiger charge is -2.19. The molecule has 0 amide bonds. The second-order valence-corrected chi connectivity index (χ2v) is 5.98. The average molecular weight is 363 g/mol. The van der Waals surface area contributed by atoms with Gasteiger partial charge in [-0.15, -0.1) is 11.3 Å². The molecule has 1 unspecified atom stereocenters. The van der Waals surface area contributed by atoms with Crippen molar-refractivity contribution < 1.29 is 13.5 Å². The van der Waals surface area contributed by atoms with Crippen LogP contribution in [0.1, 0.15) is 16.5 Å². The second kappa shape index (κ2) is 7.12. The van der Waals surface area contributed by atoms with E-state index in [1.807, 2.05) is 11.4 Å². The fourth-order valence-corrected chi connectivity index (χ4v) is 3.39. The zero-order valence-electron chi connectivity index (χ0n) is 10.4. The van der Waals surface area contributed by atoms with Gasteiger partial charge in [0.1, 0.15) is 5.75 Å². The van der Waals surface area contributed by atoms with Crippen molar-refractivity contribution >= 4 is 27.3 Å². The third-order valence-electron chi connectivity index (χ3n) is 2.74.